The van der Waals surface area contributed by atoms with Gasteiger partial charge in [0.25, 0.3) is 0 Å². The summed E-state index contributed by atoms with van der Waals surface area (Å²) >= 11 is 0. The molecule has 0 aromatic heterocycles. The zero-order valence-electron chi connectivity index (χ0n) is 11.5. The second-order valence-corrected chi connectivity index (χ2v) is 5.91. The number of nitrogens with one attached hydrogen (secondary N) is 1. The van der Waals surface area contributed by atoms with Crippen LogP contribution in [0.2, 0.25) is 0 Å². The van der Waals surface area contributed by atoms with Crippen molar-refractivity contribution in [1.29, 1.82) is 0 Å². The van der Waals surface area contributed by atoms with Crippen LogP contribution in [-0.2, 0) is 0 Å². The SMILES string of the molecule is CC(CC1=NCC2C(CN)C2CN1)c1ccccc1. The van der Waals surface area contributed by atoms with Crippen molar-refractivity contribution in [2.45, 2.75) is 19.3 Å². The lowest BCUT2D eigenvalue weighted by Crippen LogP contribution is -2.27. The molecule has 0 spiro atoms. The highest BCUT2D eigenvalue weighted by Crippen LogP contribution is 2.46. The molecule has 3 nitrogen and oxygen atoms in total. The highest BCUT2D eigenvalue weighted by Gasteiger charge is 2.49. The van der Waals surface area contributed by atoms with Crippen LogP contribution in [0.15, 0.2) is 35.3 Å². The predicted molar refractivity (Wildman–Crippen MR) is 79.3 cm³/mol. The summed E-state index contributed by atoms with van der Waals surface area (Å²) in [7, 11) is 0. The van der Waals surface area contributed by atoms with Gasteiger partial charge in [0.1, 0.15) is 0 Å². The van der Waals surface area contributed by atoms with Gasteiger partial charge in [-0.25, -0.2) is 0 Å². The Bertz CT molecular complexity index is 454. The molecule has 1 saturated carbocycles. The minimum Gasteiger partial charge on any atom is -0.374 e. The third-order valence-electron chi connectivity index (χ3n) is 4.68. The molecule has 1 aromatic carbocycles. The molecule has 3 N–H and O–H groups in total. The standard InChI is InChI=1S/C16H23N3/c1-11(12-5-3-2-4-6-12)7-16-18-9-14-13(8-17)15(14)10-19-16/h2-6,11,13-15H,7-10,17H2,1H3,(H,18,19). The Kier molecular flexibility index (Phi) is 3.56. The quantitative estimate of drug-likeness (QED) is 0.867. The molecular weight excluding hydrogens is 234 g/mol. The van der Waals surface area contributed by atoms with Crippen LogP contribution in [0, 0.1) is 17.8 Å². The van der Waals surface area contributed by atoms with Crippen molar-refractivity contribution in [3.8, 4) is 0 Å². The van der Waals surface area contributed by atoms with Gasteiger partial charge in [-0.1, -0.05) is 37.3 Å². The first-order valence-electron chi connectivity index (χ1n) is 7.31. The van der Waals surface area contributed by atoms with Crippen LogP contribution in [0.1, 0.15) is 24.8 Å². The van der Waals surface area contributed by atoms with Gasteiger partial charge in [0.15, 0.2) is 0 Å². The number of hydrogen-bond acceptors (Lipinski definition) is 3. The first kappa shape index (κ1) is 12.7. The molecule has 0 bridgehead atoms. The Morgan fingerprint density at radius 3 is 2.84 bits per heavy atom. The van der Waals surface area contributed by atoms with Gasteiger partial charge in [0.05, 0.1) is 5.84 Å². The molecule has 1 heterocycles. The summed E-state index contributed by atoms with van der Waals surface area (Å²) in [6.45, 7) is 5.12. The van der Waals surface area contributed by atoms with E-state index in [2.05, 4.69) is 42.6 Å². The molecule has 1 aliphatic heterocycles. The van der Waals surface area contributed by atoms with Crippen molar-refractivity contribution in [1.82, 2.24) is 5.32 Å². The zero-order valence-corrected chi connectivity index (χ0v) is 11.5. The molecule has 1 aliphatic carbocycles. The van der Waals surface area contributed by atoms with Gasteiger partial charge >= 0.3 is 0 Å². The summed E-state index contributed by atoms with van der Waals surface area (Å²) in [4.78, 5) is 4.76. The molecule has 2 aliphatic rings. The van der Waals surface area contributed by atoms with Gasteiger partial charge < -0.3 is 11.1 Å². The summed E-state index contributed by atoms with van der Waals surface area (Å²) in [6.07, 6.45) is 1.01. The summed E-state index contributed by atoms with van der Waals surface area (Å²) in [5.74, 6) is 3.91. The van der Waals surface area contributed by atoms with E-state index in [4.69, 9.17) is 10.7 Å². The fourth-order valence-electron chi connectivity index (χ4n) is 3.28. The second kappa shape index (κ2) is 5.33. The lowest BCUT2D eigenvalue weighted by Gasteiger charge is -2.15. The number of benzene rings is 1. The largest absolute Gasteiger partial charge is 0.374 e. The second-order valence-electron chi connectivity index (χ2n) is 5.91. The van der Waals surface area contributed by atoms with E-state index in [1.165, 1.54) is 11.4 Å². The van der Waals surface area contributed by atoms with Gasteiger partial charge in [-0.3, -0.25) is 4.99 Å². The molecule has 19 heavy (non-hydrogen) atoms. The van der Waals surface area contributed by atoms with Crippen molar-refractivity contribution in [2.75, 3.05) is 19.6 Å². The summed E-state index contributed by atoms with van der Waals surface area (Å²) in [5, 5.41) is 3.53. The first-order valence-corrected chi connectivity index (χ1v) is 7.31. The van der Waals surface area contributed by atoms with E-state index < -0.39 is 0 Å². The maximum atomic E-state index is 5.76. The lowest BCUT2D eigenvalue weighted by molar-refractivity contribution is 0.669. The third-order valence-corrected chi connectivity index (χ3v) is 4.68. The Morgan fingerprint density at radius 2 is 2.11 bits per heavy atom. The minimum atomic E-state index is 0.521. The summed E-state index contributed by atoms with van der Waals surface area (Å²) in [5.41, 5.74) is 7.15. The minimum absolute atomic E-state index is 0.521. The predicted octanol–water partition coefficient (Wildman–Crippen LogP) is 2.00. The van der Waals surface area contributed by atoms with E-state index in [9.17, 15) is 0 Å². The van der Waals surface area contributed by atoms with E-state index in [0.717, 1.165) is 37.9 Å². The molecule has 0 amide bonds. The van der Waals surface area contributed by atoms with Crippen molar-refractivity contribution in [3.05, 3.63) is 35.9 Å². The number of aliphatic imine (C=N–C) groups is 1. The highest BCUT2D eigenvalue weighted by atomic mass is 15.0. The molecule has 3 rings (SSSR count). The van der Waals surface area contributed by atoms with Crippen molar-refractivity contribution in [3.63, 3.8) is 0 Å². The first-order chi connectivity index (χ1) is 9.29. The summed E-state index contributed by atoms with van der Waals surface area (Å²) < 4.78 is 0. The number of nitrogens with two attached hydrogens (primary N) is 1. The van der Waals surface area contributed by atoms with Crippen molar-refractivity contribution < 1.29 is 0 Å². The van der Waals surface area contributed by atoms with E-state index in [1.807, 2.05) is 0 Å². The van der Waals surface area contributed by atoms with E-state index >= 15 is 0 Å². The molecule has 0 saturated heterocycles. The number of rotatable bonds is 4. The lowest BCUT2D eigenvalue weighted by atomic mass is 9.97. The average Bonchev–Trinajstić information content (AvgIpc) is 3.16. The van der Waals surface area contributed by atoms with Gasteiger partial charge in [0, 0.05) is 19.5 Å². The molecule has 1 aromatic rings. The molecule has 3 heteroatoms. The van der Waals surface area contributed by atoms with Crippen LogP contribution in [0.25, 0.3) is 0 Å². The van der Waals surface area contributed by atoms with Gasteiger partial charge in [0.2, 0.25) is 0 Å². The number of amidine groups is 1. The van der Waals surface area contributed by atoms with Gasteiger partial charge in [-0.2, -0.15) is 0 Å². The van der Waals surface area contributed by atoms with Gasteiger partial charge in [-0.05, 0) is 35.8 Å². The Hall–Kier alpha value is -1.35. The van der Waals surface area contributed by atoms with Crippen LogP contribution < -0.4 is 11.1 Å². The van der Waals surface area contributed by atoms with Crippen LogP contribution in [0.4, 0.5) is 0 Å². The van der Waals surface area contributed by atoms with Crippen molar-refractivity contribution in [2.24, 2.45) is 28.5 Å². The van der Waals surface area contributed by atoms with Gasteiger partial charge in [-0.15, -0.1) is 0 Å². The molecule has 4 atom stereocenters. The smallest absolute Gasteiger partial charge is 0.0969 e. The molecule has 4 unspecified atom stereocenters. The Labute approximate surface area is 115 Å². The Balaban J connectivity index is 1.59. The van der Waals surface area contributed by atoms with Crippen LogP contribution in [-0.4, -0.2) is 25.5 Å². The highest BCUT2D eigenvalue weighted by molar-refractivity contribution is 5.83. The van der Waals surface area contributed by atoms with E-state index in [-0.39, 0.29) is 0 Å². The third kappa shape index (κ3) is 2.66. The molecule has 102 valence electrons. The van der Waals surface area contributed by atoms with Crippen LogP contribution >= 0.6 is 0 Å². The van der Waals surface area contributed by atoms with Crippen LogP contribution in [0.5, 0.6) is 0 Å². The number of hydrogen-bond donors (Lipinski definition) is 2. The van der Waals surface area contributed by atoms with E-state index in [0.29, 0.717) is 11.8 Å². The number of nitrogens with zero attached hydrogens (tertiary/aromatic N) is 1. The Morgan fingerprint density at radius 1 is 1.32 bits per heavy atom. The zero-order chi connectivity index (χ0) is 13.2. The fourth-order valence-corrected chi connectivity index (χ4v) is 3.28. The summed E-state index contributed by atoms with van der Waals surface area (Å²) in [6, 6.07) is 10.7. The maximum absolute atomic E-state index is 5.76. The number of fused-ring (bicyclic) bond motifs is 1. The van der Waals surface area contributed by atoms with Crippen molar-refractivity contribution >= 4 is 5.84 Å². The fraction of sp³-hybridized carbons (Fsp3) is 0.562. The van der Waals surface area contributed by atoms with E-state index in [1.54, 1.807) is 0 Å². The molecule has 0 radical (unpaired) electrons. The molecule has 1 fully saturated rings. The monoisotopic (exact) mass is 257 g/mol. The topological polar surface area (TPSA) is 50.4 Å². The molecular formula is C16H23N3. The average molecular weight is 257 g/mol. The van der Waals surface area contributed by atoms with Crippen LogP contribution in [0.3, 0.4) is 0 Å². The maximum Gasteiger partial charge on any atom is 0.0969 e. The normalized spacial score (nSPS) is 30.6.